The van der Waals surface area contributed by atoms with E-state index in [0.29, 0.717) is 12.3 Å². The number of rotatable bonds is 6. The highest BCUT2D eigenvalue weighted by molar-refractivity contribution is 5.93. The Labute approximate surface area is 169 Å². The molecule has 0 N–H and O–H groups in total. The number of hydrogen-bond donors (Lipinski definition) is 0. The molecule has 1 amide bonds. The van der Waals surface area contributed by atoms with Gasteiger partial charge in [-0.25, -0.2) is 0 Å². The van der Waals surface area contributed by atoms with Crippen molar-refractivity contribution >= 4 is 24.0 Å². The van der Waals surface area contributed by atoms with Crippen LogP contribution in [0.4, 0.5) is 5.69 Å². The third-order valence-electron chi connectivity index (χ3n) is 5.44. The highest BCUT2D eigenvalue weighted by Crippen LogP contribution is 2.28. The molecule has 0 aromatic heterocycles. The van der Waals surface area contributed by atoms with E-state index >= 15 is 0 Å². The Hall–Kier alpha value is -1.84. The van der Waals surface area contributed by atoms with Crippen LogP contribution in [0, 0.1) is 5.92 Å². The predicted molar refractivity (Wildman–Crippen MR) is 116 cm³/mol. The number of hydrogen-bond acceptors (Lipinski definition) is 2. The molecular formula is C23H31ClN2O. The van der Waals surface area contributed by atoms with Crippen molar-refractivity contribution in [2.45, 2.75) is 39.2 Å². The second-order valence-corrected chi connectivity index (χ2v) is 7.32. The Morgan fingerprint density at radius 1 is 1.07 bits per heavy atom. The fourth-order valence-corrected chi connectivity index (χ4v) is 4.02. The van der Waals surface area contributed by atoms with Crippen molar-refractivity contribution < 1.29 is 4.79 Å². The van der Waals surface area contributed by atoms with Gasteiger partial charge in [-0.1, -0.05) is 62.4 Å². The lowest BCUT2D eigenvalue weighted by Gasteiger charge is -2.42. The van der Waals surface area contributed by atoms with Crippen LogP contribution < -0.4 is 4.90 Å². The van der Waals surface area contributed by atoms with E-state index in [1.165, 1.54) is 5.56 Å². The Morgan fingerprint density at radius 2 is 1.70 bits per heavy atom. The van der Waals surface area contributed by atoms with E-state index < -0.39 is 0 Å². The summed E-state index contributed by atoms with van der Waals surface area (Å²) in [5.74, 6) is 0.695. The molecule has 1 saturated heterocycles. The SMILES string of the molecule is CCC(=O)N(c1ccccc1)[C@@H]1CCN(CCc2ccccc2)C[C@H]1C.Cl. The van der Waals surface area contributed by atoms with Crippen LogP contribution in [0.5, 0.6) is 0 Å². The lowest BCUT2D eigenvalue weighted by atomic mass is 9.91. The molecule has 1 fully saturated rings. The van der Waals surface area contributed by atoms with Crippen molar-refractivity contribution in [3.05, 3.63) is 66.2 Å². The Balaban J connectivity index is 0.00000261. The number of nitrogens with zero attached hydrogens (tertiary/aromatic N) is 2. The lowest BCUT2D eigenvalue weighted by Crippen LogP contribution is -2.52. The summed E-state index contributed by atoms with van der Waals surface area (Å²) < 4.78 is 0. The molecule has 3 rings (SSSR count). The molecule has 2 aromatic carbocycles. The standard InChI is InChI=1S/C23H30N2O.ClH/c1-3-23(26)25(21-12-8-5-9-13-21)22-15-17-24(18-19(22)2)16-14-20-10-6-4-7-11-20;/h4-13,19,22H,3,14-18H2,1-2H3;1H/t19-,22-;/m1./s1. The first-order valence-electron chi connectivity index (χ1n) is 9.82. The van der Waals surface area contributed by atoms with Crippen LogP contribution in [0.2, 0.25) is 0 Å². The summed E-state index contributed by atoms with van der Waals surface area (Å²) in [5, 5.41) is 0. The summed E-state index contributed by atoms with van der Waals surface area (Å²) in [6.07, 6.45) is 2.68. The van der Waals surface area contributed by atoms with Gasteiger partial charge >= 0.3 is 0 Å². The zero-order chi connectivity index (χ0) is 18.4. The topological polar surface area (TPSA) is 23.6 Å². The van der Waals surface area contributed by atoms with E-state index in [4.69, 9.17) is 0 Å². The van der Waals surface area contributed by atoms with Crippen LogP contribution in [-0.2, 0) is 11.2 Å². The highest BCUT2D eigenvalue weighted by atomic mass is 35.5. The number of carbonyl (C=O) groups is 1. The van der Waals surface area contributed by atoms with Crippen LogP contribution in [0.1, 0.15) is 32.3 Å². The normalized spacial score (nSPS) is 19.9. The Morgan fingerprint density at radius 3 is 2.30 bits per heavy atom. The van der Waals surface area contributed by atoms with Crippen LogP contribution in [0.3, 0.4) is 0 Å². The molecule has 0 unspecified atom stereocenters. The summed E-state index contributed by atoms with van der Waals surface area (Å²) in [6, 6.07) is 21.1. The first-order chi connectivity index (χ1) is 12.7. The van der Waals surface area contributed by atoms with E-state index in [2.05, 4.69) is 59.2 Å². The number of piperidine rings is 1. The van der Waals surface area contributed by atoms with E-state index in [-0.39, 0.29) is 24.4 Å². The van der Waals surface area contributed by atoms with E-state index in [1.807, 2.05) is 25.1 Å². The molecule has 2 aromatic rings. The molecule has 0 saturated carbocycles. The number of anilines is 1. The first-order valence-corrected chi connectivity index (χ1v) is 9.82. The molecule has 3 nitrogen and oxygen atoms in total. The van der Waals surface area contributed by atoms with Crippen molar-refractivity contribution in [2.24, 2.45) is 5.92 Å². The largest absolute Gasteiger partial charge is 0.309 e. The second kappa shape index (κ2) is 10.5. The van der Waals surface area contributed by atoms with Gasteiger partial charge in [0, 0.05) is 37.8 Å². The van der Waals surface area contributed by atoms with Crippen LogP contribution in [-0.4, -0.2) is 36.5 Å². The quantitative estimate of drug-likeness (QED) is 0.711. The smallest absolute Gasteiger partial charge is 0.226 e. The lowest BCUT2D eigenvalue weighted by molar-refractivity contribution is -0.119. The Bertz CT molecular complexity index is 692. The maximum Gasteiger partial charge on any atom is 0.226 e. The maximum atomic E-state index is 12.7. The number of carbonyl (C=O) groups excluding carboxylic acids is 1. The van der Waals surface area contributed by atoms with E-state index in [9.17, 15) is 4.79 Å². The summed E-state index contributed by atoms with van der Waals surface area (Å²) in [6.45, 7) is 7.45. The number of para-hydroxylation sites is 1. The Kier molecular flexibility index (Phi) is 8.33. The van der Waals surface area contributed by atoms with Gasteiger partial charge in [-0.2, -0.15) is 0 Å². The third-order valence-corrected chi connectivity index (χ3v) is 5.44. The molecule has 146 valence electrons. The summed E-state index contributed by atoms with van der Waals surface area (Å²) in [7, 11) is 0. The molecule has 1 heterocycles. The van der Waals surface area contributed by atoms with Crippen molar-refractivity contribution in [1.29, 1.82) is 0 Å². The maximum absolute atomic E-state index is 12.7. The minimum absolute atomic E-state index is 0. The van der Waals surface area contributed by atoms with Gasteiger partial charge < -0.3 is 9.80 Å². The number of likely N-dealkylation sites (tertiary alicyclic amines) is 1. The molecule has 2 atom stereocenters. The summed E-state index contributed by atoms with van der Waals surface area (Å²) >= 11 is 0. The predicted octanol–water partition coefficient (Wildman–Crippen LogP) is 4.80. The number of amides is 1. The van der Waals surface area contributed by atoms with E-state index in [0.717, 1.165) is 38.2 Å². The average Bonchev–Trinajstić information content (AvgIpc) is 2.69. The average molecular weight is 387 g/mol. The zero-order valence-corrected chi connectivity index (χ0v) is 17.2. The molecule has 1 aliphatic rings. The minimum atomic E-state index is 0. The first kappa shape index (κ1) is 21.5. The van der Waals surface area contributed by atoms with Gasteiger partial charge in [-0.15, -0.1) is 12.4 Å². The van der Waals surface area contributed by atoms with Gasteiger partial charge in [0.2, 0.25) is 5.91 Å². The van der Waals surface area contributed by atoms with Crippen LogP contribution in [0.25, 0.3) is 0 Å². The molecule has 4 heteroatoms. The van der Waals surface area contributed by atoms with Crippen molar-refractivity contribution in [1.82, 2.24) is 4.90 Å². The fourth-order valence-electron chi connectivity index (χ4n) is 4.02. The van der Waals surface area contributed by atoms with Crippen molar-refractivity contribution in [3.8, 4) is 0 Å². The molecule has 0 bridgehead atoms. The fraction of sp³-hybridized carbons (Fsp3) is 0.435. The summed E-state index contributed by atoms with van der Waals surface area (Å²) in [5.41, 5.74) is 2.43. The van der Waals surface area contributed by atoms with Crippen molar-refractivity contribution in [3.63, 3.8) is 0 Å². The molecule has 0 spiro atoms. The van der Waals surface area contributed by atoms with Gasteiger partial charge in [-0.05, 0) is 36.5 Å². The van der Waals surface area contributed by atoms with Crippen LogP contribution >= 0.6 is 12.4 Å². The zero-order valence-electron chi connectivity index (χ0n) is 16.4. The van der Waals surface area contributed by atoms with Crippen LogP contribution in [0.15, 0.2) is 60.7 Å². The molecular weight excluding hydrogens is 356 g/mol. The monoisotopic (exact) mass is 386 g/mol. The second-order valence-electron chi connectivity index (χ2n) is 7.32. The van der Waals surface area contributed by atoms with Gasteiger partial charge in [0.1, 0.15) is 0 Å². The van der Waals surface area contributed by atoms with Gasteiger partial charge in [0.25, 0.3) is 0 Å². The highest BCUT2D eigenvalue weighted by Gasteiger charge is 2.33. The minimum Gasteiger partial charge on any atom is -0.309 e. The van der Waals surface area contributed by atoms with Gasteiger partial charge in [-0.3, -0.25) is 4.79 Å². The number of benzene rings is 2. The number of halogens is 1. The molecule has 0 aliphatic carbocycles. The van der Waals surface area contributed by atoms with E-state index in [1.54, 1.807) is 0 Å². The molecule has 27 heavy (non-hydrogen) atoms. The van der Waals surface area contributed by atoms with Gasteiger partial charge in [0.15, 0.2) is 0 Å². The molecule has 0 radical (unpaired) electrons. The molecule has 1 aliphatic heterocycles. The van der Waals surface area contributed by atoms with Crippen molar-refractivity contribution in [2.75, 3.05) is 24.5 Å². The third kappa shape index (κ3) is 5.57. The summed E-state index contributed by atoms with van der Waals surface area (Å²) in [4.78, 5) is 17.3. The van der Waals surface area contributed by atoms with Gasteiger partial charge in [0.05, 0.1) is 0 Å².